The molecule has 0 amide bonds. The summed E-state index contributed by atoms with van der Waals surface area (Å²) in [5, 5.41) is 21.1. The predicted octanol–water partition coefficient (Wildman–Crippen LogP) is 6.73. The van der Waals surface area contributed by atoms with Gasteiger partial charge in [-0.15, -0.1) is 0 Å². The maximum atomic E-state index is 10.7. The van der Waals surface area contributed by atoms with Crippen LogP contribution >= 0.6 is 0 Å². The van der Waals surface area contributed by atoms with Crippen LogP contribution in [0.4, 0.5) is 0 Å². The monoisotopic (exact) mass is 404 g/mol. The molecule has 0 aromatic heterocycles. The summed E-state index contributed by atoms with van der Waals surface area (Å²) in [6.45, 7) is 11.4. The average molecular weight is 405 g/mol. The van der Waals surface area contributed by atoms with Gasteiger partial charge in [-0.3, -0.25) is 0 Å². The quantitative estimate of drug-likeness (QED) is 0.533. The van der Waals surface area contributed by atoms with Gasteiger partial charge in [-0.25, -0.2) is 0 Å². The molecule has 4 rings (SSSR count). The van der Waals surface area contributed by atoms with Crippen LogP contribution in [0.3, 0.4) is 0 Å². The van der Waals surface area contributed by atoms with Crippen molar-refractivity contribution in [3.05, 3.63) is 0 Å². The third-order valence-corrected chi connectivity index (χ3v) is 11.2. The third-order valence-electron chi connectivity index (χ3n) is 11.2. The van der Waals surface area contributed by atoms with Gasteiger partial charge < -0.3 is 10.2 Å². The molecule has 168 valence electrons. The molecule has 2 heteroatoms. The molecule has 2 N–H and O–H groups in total. The summed E-state index contributed by atoms with van der Waals surface area (Å²) >= 11 is 0. The number of hydrogen-bond acceptors (Lipinski definition) is 2. The van der Waals surface area contributed by atoms with Crippen molar-refractivity contribution in [2.24, 2.45) is 40.4 Å². The zero-order chi connectivity index (χ0) is 21.1. The standard InChI is InChI=1S/C27H48O2/c1-6-24(2,28)14-7-8-19-10-12-22-21-11-9-20-18-25(3,29)16-17-27(20,5)23(21)13-15-26(19,22)4/h19-23,28-29H,6-18H2,1-5H3/t19-,20?,21-,22?,23?,24?,25-,26?,27?/m0/s1. The molecule has 4 aliphatic rings. The zero-order valence-corrected chi connectivity index (χ0v) is 20.0. The summed E-state index contributed by atoms with van der Waals surface area (Å²) in [4.78, 5) is 0. The van der Waals surface area contributed by atoms with Crippen LogP contribution in [0.2, 0.25) is 0 Å². The summed E-state index contributed by atoms with van der Waals surface area (Å²) in [6, 6.07) is 0. The normalized spacial score (nSPS) is 51.6. The minimum atomic E-state index is -0.467. The smallest absolute Gasteiger partial charge is 0.0622 e. The van der Waals surface area contributed by atoms with Crippen LogP contribution in [0.5, 0.6) is 0 Å². The van der Waals surface area contributed by atoms with Gasteiger partial charge in [0.1, 0.15) is 0 Å². The second kappa shape index (κ2) is 7.51. The van der Waals surface area contributed by atoms with E-state index in [1.807, 2.05) is 6.92 Å². The van der Waals surface area contributed by atoms with E-state index in [2.05, 4.69) is 27.7 Å². The van der Waals surface area contributed by atoms with E-state index in [9.17, 15) is 10.2 Å². The van der Waals surface area contributed by atoms with E-state index in [0.29, 0.717) is 10.8 Å². The highest BCUT2D eigenvalue weighted by atomic mass is 16.3. The Morgan fingerprint density at radius 2 is 1.62 bits per heavy atom. The van der Waals surface area contributed by atoms with E-state index >= 15 is 0 Å². The zero-order valence-electron chi connectivity index (χ0n) is 20.0. The Hall–Kier alpha value is -0.0800. The Labute approximate surface area is 180 Å². The van der Waals surface area contributed by atoms with Crippen molar-refractivity contribution in [3.63, 3.8) is 0 Å². The molecule has 4 saturated carbocycles. The predicted molar refractivity (Wildman–Crippen MR) is 121 cm³/mol. The molecule has 2 nitrogen and oxygen atoms in total. The molecule has 0 heterocycles. The first-order chi connectivity index (χ1) is 13.5. The van der Waals surface area contributed by atoms with Gasteiger partial charge in [-0.2, -0.15) is 0 Å². The highest BCUT2D eigenvalue weighted by Crippen LogP contribution is 2.68. The second-order valence-electron chi connectivity index (χ2n) is 12.9. The van der Waals surface area contributed by atoms with Crippen molar-refractivity contribution in [3.8, 4) is 0 Å². The molecule has 0 aliphatic heterocycles. The van der Waals surface area contributed by atoms with Gasteiger partial charge in [0.2, 0.25) is 0 Å². The largest absolute Gasteiger partial charge is 0.390 e. The molecule has 0 aromatic carbocycles. The molecule has 4 fully saturated rings. The summed E-state index contributed by atoms with van der Waals surface area (Å²) in [5.74, 6) is 4.37. The maximum Gasteiger partial charge on any atom is 0.0622 e. The first-order valence-corrected chi connectivity index (χ1v) is 13.0. The van der Waals surface area contributed by atoms with Gasteiger partial charge in [-0.05, 0) is 131 Å². The van der Waals surface area contributed by atoms with Crippen LogP contribution in [0, 0.1) is 40.4 Å². The molecular weight excluding hydrogens is 356 g/mol. The third kappa shape index (κ3) is 3.84. The highest BCUT2D eigenvalue weighted by Gasteiger charge is 2.60. The molecule has 0 aromatic rings. The van der Waals surface area contributed by atoms with E-state index in [0.717, 1.165) is 55.3 Å². The molecular formula is C27H48O2. The lowest BCUT2D eigenvalue weighted by molar-refractivity contribution is -0.146. The van der Waals surface area contributed by atoms with E-state index in [1.54, 1.807) is 0 Å². The molecule has 0 saturated heterocycles. The van der Waals surface area contributed by atoms with Crippen molar-refractivity contribution >= 4 is 0 Å². The minimum Gasteiger partial charge on any atom is -0.390 e. The fraction of sp³-hybridized carbons (Fsp3) is 1.00. The van der Waals surface area contributed by atoms with Crippen molar-refractivity contribution in [2.75, 3.05) is 0 Å². The van der Waals surface area contributed by atoms with Crippen LogP contribution < -0.4 is 0 Å². The Morgan fingerprint density at radius 3 is 2.34 bits per heavy atom. The summed E-state index contributed by atoms with van der Waals surface area (Å²) in [5.41, 5.74) is 0.136. The average Bonchev–Trinajstić information content (AvgIpc) is 2.99. The van der Waals surface area contributed by atoms with E-state index in [1.165, 1.54) is 57.8 Å². The minimum absolute atomic E-state index is 0.418. The molecule has 0 bridgehead atoms. The summed E-state index contributed by atoms with van der Waals surface area (Å²) < 4.78 is 0. The summed E-state index contributed by atoms with van der Waals surface area (Å²) in [6.07, 6.45) is 16.1. The number of hydrogen-bond donors (Lipinski definition) is 2. The van der Waals surface area contributed by atoms with Crippen LogP contribution in [0.25, 0.3) is 0 Å². The Kier molecular flexibility index (Phi) is 5.73. The van der Waals surface area contributed by atoms with Crippen molar-refractivity contribution in [1.82, 2.24) is 0 Å². The van der Waals surface area contributed by atoms with Gasteiger partial charge in [-0.1, -0.05) is 27.2 Å². The number of rotatable bonds is 5. The van der Waals surface area contributed by atoms with E-state index < -0.39 is 11.2 Å². The summed E-state index contributed by atoms with van der Waals surface area (Å²) in [7, 11) is 0. The Morgan fingerprint density at radius 1 is 0.897 bits per heavy atom. The topological polar surface area (TPSA) is 40.5 Å². The van der Waals surface area contributed by atoms with Crippen LogP contribution in [0.15, 0.2) is 0 Å². The molecule has 29 heavy (non-hydrogen) atoms. The fourth-order valence-electron chi connectivity index (χ4n) is 8.92. The Balaban J connectivity index is 1.44. The number of fused-ring (bicyclic) bond motifs is 5. The highest BCUT2D eigenvalue weighted by molar-refractivity contribution is 5.10. The van der Waals surface area contributed by atoms with Crippen LogP contribution in [-0.2, 0) is 0 Å². The lowest BCUT2D eigenvalue weighted by Crippen LogP contribution is -2.55. The SMILES string of the molecule is CCC(C)(O)CCC[C@H]1CCC2[C@@H]3CCC4C[C@@](C)(O)CCC4(C)C3CCC21C. The van der Waals surface area contributed by atoms with E-state index in [4.69, 9.17) is 0 Å². The van der Waals surface area contributed by atoms with Gasteiger partial charge in [0.05, 0.1) is 11.2 Å². The van der Waals surface area contributed by atoms with Crippen LogP contribution in [-0.4, -0.2) is 21.4 Å². The van der Waals surface area contributed by atoms with Gasteiger partial charge in [0, 0.05) is 0 Å². The van der Waals surface area contributed by atoms with Gasteiger partial charge >= 0.3 is 0 Å². The van der Waals surface area contributed by atoms with Crippen molar-refractivity contribution in [1.29, 1.82) is 0 Å². The first-order valence-electron chi connectivity index (χ1n) is 13.0. The van der Waals surface area contributed by atoms with E-state index in [-0.39, 0.29) is 0 Å². The van der Waals surface area contributed by atoms with Gasteiger partial charge in [0.15, 0.2) is 0 Å². The second-order valence-corrected chi connectivity index (χ2v) is 12.9. The van der Waals surface area contributed by atoms with Gasteiger partial charge in [0.25, 0.3) is 0 Å². The number of aliphatic hydroxyl groups is 2. The Bertz CT molecular complexity index is 595. The van der Waals surface area contributed by atoms with Crippen molar-refractivity contribution < 1.29 is 10.2 Å². The lowest BCUT2D eigenvalue weighted by atomic mass is 9.44. The first kappa shape index (κ1) is 22.1. The van der Waals surface area contributed by atoms with Crippen LogP contribution in [0.1, 0.15) is 118 Å². The molecule has 9 atom stereocenters. The van der Waals surface area contributed by atoms with Crippen molar-refractivity contribution in [2.45, 2.75) is 129 Å². The molecule has 0 radical (unpaired) electrons. The lowest BCUT2D eigenvalue weighted by Gasteiger charge is -2.62. The fourth-order valence-corrected chi connectivity index (χ4v) is 8.92. The molecule has 6 unspecified atom stereocenters. The maximum absolute atomic E-state index is 10.7. The molecule has 0 spiro atoms. The molecule has 4 aliphatic carbocycles.